The van der Waals surface area contributed by atoms with Crippen molar-refractivity contribution in [3.63, 3.8) is 0 Å². The van der Waals surface area contributed by atoms with E-state index >= 15 is 0 Å². The summed E-state index contributed by atoms with van der Waals surface area (Å²) < 4.78 is 0.881. The number of carbonyl (C=O) groups is 3. The molecule has 3 N–H and O–H groups in total. The molecule has 1 heterocycles. The Bertz CT molecular complexity index is 981. The normalized spacial score (nSPS) is 14.0. The van der Waals surface area contributed by atoms with Gasteiger partial charge >= 0.3 is 5.97 Å². The molecular formula is C24H28BrN3O4. The van der Waals surface area contributed by atoms with Crippen LogP contribution in [0, 0.1) is 0 Å². The molecule has 0 unspecified atom stereocenters. The zero-order chi connectivity index (χ0) is 23.7. The number of nitrogens with zero attached hydrogens (tertiary/aromatic N) is 1. The lowest BCUT2D eigenvalue weighted by molar-refractivity contribution is -0.137. The highest BCUT2D eigenvalue weighted by atomic mass is 79.9. The zero-order valence-corrected chi connectivity index (χ0v) is 19.7. The third-order valence-corrected chi connectivity index (χ3v) is 5.72. The molecule has 7 nitrogen and oxygen atoms in total. The van der Waals surface area contributed by atoms with E-state index in [0.29, 0.717) is 42.8 Å². The first-order valence-corrected chi connectivity index (χ1v) is 11.0. The third kappa shape index (κ3) is 6.95. The Hall–Kier alpha value is -3.13. The second-order valence-corrected chi connectivity index (χ2v) is 8.37. The molecule has 170 valence electrons. The van der Waals surface area contributed by atoms with Crippen LogP contribution in [0.3, 0.4) is 0 Å². The van der Waals surface area contributed by atoms with Gasteiger partial charge < -0.3 is 20.6 Å². The van der Waals surface area contributed by atoms with Gasteiger partial charge in [-0.25, -0.2) is 0 Å². The van der Waals surface area contributed by atoms with Gasteiger partial charge in [-0.15, -0.1) is 6.58 Å². The van der Waals surface area contributed by atoms with E-state index in [9.17, 15) is 14.4 Å². The fourth-order valence-electron chi connectivity index (χ4n) is 3.51. The molecule has 8 heteroatoms. The number of hydrogen-bond donors (Lipinski definition) is 3. The molecule has 32 heavy (non-hydrogen) atoms. The molecule has 1 aromatic rings. The van der Waals surface area contributed by atoms with Gasteiger partial charge in [-0.1, -0.05) is 40.7 Å². The first kappa shape index (κ1) is 25.1. The first-order chi connectivity index (χ1) is 15.3. The number of rotatable bonds is 12. The molecule has 1 aromatic carbocycles. The average Bonchev–Trinajstić information content (AvgIpc) is 3.18. The van der Waals surface area contributed by atoms with E-state index in [4.69, 9.17) is 5.11 Å². The van der Waals surface area contributed by atoms with Gasteiger partial charge in [0.25, 0.3) is 0 Å². The fraction of sp³-hybridized carbons (Fsp3) is 0.292. The van der Waals surface area contributed by atoms with Gasteiger partial charge in [-0.3, -0.25) is 14.4 Å². The summed E-state index contributed by atoms with van der Waals surface area (Å²) in [4.78, 5) is 37.2. The summed E-state index contributed by atoms with van der Waals surface area (Å²) in [6, 6.07) is 7.58. The molecule has 0 aromatic heterocycles. The van der Waals surface area contributed by atoms with Gasteiger partial charge in [-0.2, -0.15) is 0 Å². The van der Waals surface area contributed by atoms with Gasteiger partial charge in [0.1, 0.15) is 6.54 Å². The summed E-state index contributed by atoms with van der Waals surface area (Å²) in [6.45, 7) is 10.2. The molecule has 0 bridgehead atoms. The van der Waals surface area contributed by atoms with E-state index in [2.05, 4.69) is 44.6 Å². The molecule has 2 amide bonds. The molecule has 0 spiro atoms. The summed E-state index contributed by atoms with van der Waals surface area (Å²) in [7, 11) is 0. The van der Waals surface area contributed by atoms with Gasteiger partial charge in [-0.05, 0) is 48.6 Å². The summed E-state index contributed by atoms with van der Waals surface area (Å²) in [6.07, 6.45) is 4.30. The fourth-order valence-corrected chi connectivity index (χ4v) is 3.95. The van der Waals surface area contributed by atoms with Crippen LogP contribution >= 0.6 is 15.9 Å². The number of halogens is 1. The van der Waals surface area contributed by atoms with Gasteiger partial charge in [0.05, 0.1) is 6.54 Å². The summed E-state index contributed by atoms with van der Waals surface area (Å²) >= 11 is 3.44. The van der Waals surface area contributed by atoms with Crippen LogP contribution < -0.4 is 10.6 Å². The average molecular weight is 502 g/mol. The van der Waals surface area contributed by atoms with Crippen molar-refractivity contribution in [1.82, 2.24) is 15.5 Å². The lowest BCUT2D eigenvalue weighted by Gasteiger charge is -2.21. The van der Waals surface area contributed by atoms with Gasteiger partial charge in [0, 0.05) is 34.4 Å². The Kier molecular flexibility index (Phi) is 9.46. The minimum absolute atomic E-state index is 0.312. The van der Waals surface area contributed by atoms with Crippen molar-refractivity contribution >= 4 is 34.2 Å². The number of nitrogens with one attached hydrogen (secondary N) is 2. The third-order valence-electron chi connectivity index (χ3n) is 5.23. The maximum absolute atomic E-state index is 13.0. The summed E-state index contributed by atoms with van der Waals surface area (Å²) in [5.74, 6) is -1.57. The lowest BCUT2D eigenvalue weighted by Crippen LogP contribution is -2.32. The van der Waals surface area contributed by atoms with Crippen LogP contribution in [-0.4, -0.2) is 47.9 Å². The van der Waals surface area contributed by atoms with Crippen molar-refractivity contribution in [1.29, 1.82) is 0 Å². The minimum atomic E-state index is -1.12. The van der Waals surface area contributed by atoms with E-state index in [1.165, 1.54) is 0 Å². The molecule has 1 aliphatic rings. The van der Waals surface area contributed by atoms with Crippen LogP contribution in [0.2, 0.25) is 0 Å². The van der Waals surface area contributed by atoms with Crippen LogP contribution in [0.5, 0.6) is 0 Å². The van der Waals surface area contributed by atoms with Crippen LogP contribution in [0.15, 0.2) is 76.1 Å². The maximum atomic E-state index is 13.0. The van der Waals surface area contributed by atoms with E-state index in [1.54, 1.807) is 0 Å². The molecule has 0 saturated carbocycles. The van der Waals surface area contributed by atoms with Crippen LogP contribution in [-0.2, 0) is 20.8 Å². The molecule has 0 aliphatic carbocycles. The van der Waals surface area contributed by atoms with Gasteiger partial charge in [0.2, 0.25) is 12.3 Å². The Balaban J connectivity index is 2.43. The molecule has 1 aliphatic heterocycles. The number of carboxylic acids is 1. The highest BCUT2D eigenvalue weighted by molar-refractivity contribution is 9.10. The summed E-state index contributed by atoms with van der Waals surface area (Å²) in [5.41, 5.74) is 4.50. The number of carbonyl (C=O) groups excluding carboxylic acids is 2. The Morgan fingerprint density at radius 2 is 2.06 bits per heavy atom. The summed E-state index contributed by atoms with van der Waals surface area (Å²) in [5, 5.41) is 14.2. The second kappa shape index (κ2) is 12.0. The van der Waals surface area contributed by atoms with Crippen LogP contribution in [0.1, 0.15) is 25.3 Å². The Morgan fingerprint density at radius 3 is 2.69 bits per heavy atom. The van der Waals surface area contributed by atoms with Gasteiger partial charge in [0.15, 0.2) is 0 Å². The number of carboxylic acid groups (broad SMARTS) is 1. The molecule has 0 fully saturated rings. The molecule has 0 saturated heterocycles. The number of allylic oxidation sites excluding steroid dienone is 2. The van der Waals surface area contributed by atoms with Crippen molar-refractivity contribution in [2.24, 2.45) is 0 Å². The predicted octanol–water partition coefficient (Wildman–Crippen LogP) is 3.30. The topological polar surface area (TPSA) is 98.7 Å². The van der Waals surface area contributed by atoms with Crippen LogP contribution in [0.25, 0.3) is 0 Å². The molecular weight excluding hydrogens is 474 g/mol. The molecule has 0 radical (unpaired) electrons. The van der Waals surface area contributed by atoms with E-state index in [-0.39, 0.29) is 0 Å². The number of aliphatic carboxylic acids is 1. The maximum Gasteiger partial charge on any atom is 0.322 e. The van der Waals surface area contributed by atoms with Crippen molar-refractivity contribution in [2.45, 2.75) is 26.2 Å². The second-order valence-electron chi connectivity index (χ2n) is 7.46. The number of amides is 2. The van der Waals surface area contributed by atoms with Crippen molar-refractivity contribution in [3.8, 4) is 0 Å². The van der Waals surface area contributed by atoms with Crippen LogP contribution in [0.4, 0.5) is 0 Å². The number of hydrogen-bond acceptors (Lipinski definition) is 4. The highest BCUT2D eigenvalue weighted by Gasteiger charge is 2.27. The monoisotopic (exact) mass is 501 g/mol. The predicted molar refractivity (Wildman–Crippen MR) is 128 cm³/mol. The molecule has 0 atom stereocenters. The quantitative estimate of drug-likeness (QED) is 0.232. The lowest BCUT2D eigenvalue weighted by atomic mass is 9.94. The smallest absolute Gasteiger partial charge is 0.322 e. The van der Waals surface area contributed by atoms with Crippen molar-refractivity contribution in [2.75, 3.05) is 19.6 Å². The SMILES string of the molecule is C=CCCC(=C)N1CC(NC=O)=C(/C(C)=C(\Cc2cccc(Br)c2)C(=O)NCC(=O)O)C1. The number of benzene rings is 1. The standard InChI is InChI=1S/C24H28BrN3O4/c1-4-5-7-16(2)28-13-21(22(14-28)27-15-29)17(3)20(24(32)26-12-23(30)31)11-18-8-6-9-19(25)10-18/h4,6,8-10,15H,1-2,5,7,11-14H2,3H3,(H,26,32)(H,27,29)(H,30,31)/b20-17+. The van der Waals surface area contributed by atoms with E-state index in [1.807, 2.05) is 37.3 Å². The van der Waals surface area contributed by atoms with E-state index in [0.717, 1.165) is 34.1 Å². The van der Waals surface area contributed by atoms with Crippen molar-refractivity contribution < 1.29 is 19.5 Å². The largest absolute Gasteiger partial charge is 0.480 e. The molecule has 2 rings (SSSR count). The van der Waals surface area contributed by atoms with E-state index < -0.39 is 18.4 Å². The first-order valence-electron chi connectivity index (χ1n) is 10.2. The van der Waals surface area contributed by atoms with Crippen molar-refractivity contribution in [3.05, 3.63) is 81.6 Å². The minimum Gasteiger partial charge on any atom is -0.480 e. The highest BCUT2D eigenvalue weighted by Crippen LogP contribution is 2.29. The zero-order valence-electron chi connectivity index (χ0n) is 18.1. The Labute approximate surface area is 196 Å². The Morgan fingerprint density at radius 1 is 1.31 bits per heavy atom.